The lowest BCUT2D eigenvalue weighted by Gasteiger charge is -2.30. The monoisotopic (exact) mass is 243 g/mol. The van der Waals surface area contributed by atoms with Crippen LogP contribution in [-0.2, 0) is 0 Å². The van der Waals surface area contributed by atoms with Crippen LogP contribution in [0.15, 0.2) is 30.5 Å². The van der Waals surface area contributed by atoms with Crippen molar-refractivity contribution in [2.45, 2.75) is 38.7 Å². The number of H-pyrrole nitrogens is 1. The van der Waals surface area contributed by atoms with Crippen LogP contribution in [-0.4, -0.2) is 10.1 Å². The van der Waals surface area contributed by atoms with Gasteiger partial charge in [-0.05, 0) is 53.8 Å². The molecule has 3 rings (SSSR count). The summed E-state index contributed by atoms with van der Waals surface area (Å²) in [6.07, 6.45) is 6.55. The Morgan fingerprint density at radius 2 is 2.17 bits per heavy atom. The summed E-state index contributed by atoms with van der Waals surface area (Å²) in [5.41, 5.74) is 2.21. The molecule has 3 unspecified atom stereocenters. The Morgan fingerprint density at radius 1 is 1.28 bits per heavy atom. The molecule has 3 atom stereocenters. The maximum Gasteiger partial charge on any atom is 0.0818 e. The van der Waals surface area contributed by atoms with E-state index in [0.717, 1.165) is 29.8 Å². The number of aliphatic hydroxyl groups excluding tert-OH is 1. The van der Waals surface area contributed by atoms with Gasteiger partial charge in [-0.25, -0.2) is 0 Å². The topological polar surface area (TPSA) is 36.0 Å². The van der Waals surface area contributed by atoms with E-state index in [2.05, 4.69) is 36.2 Å². The van der Waals surface area contributed by atoms with E-state index in [1.165, 1.54) is 18.2 Å². The average Bonchev–Trinajstić information content (AvgIpc) is 2.85. The molecule has 2 nitrogen and oxygen atoms in total. The first-order chi connectivity index (χ1) is 8.74. The number of aromatic amines is 1. The summed E-state index contributed by atoms with van der Waals surface area (Å²) in [5, 5.41) is 11.7. The number of nitrogens with one attached hydrogen (secondary N) is 1. The van der Waals surface area contributed by atoms with E-state index in [9.17, 15) is 5.11 Å². The maximum absolute atomic E-state index is 10.5. The second-order valence-corrected chi connectivity index (χ2v) is 5.80. The van der Waals surface area contributed by atoms with Crippen LogP contribution in [0.2, 0.25) is 0 Å². The van der Waals surface area contributed by atoms with Crippen LogP contribution in [0.5, 0.6) is 0 Å². The molecular formula is C16H21NO. The number of hydrogen-bond donors (Lipinski definition) is 2. The third-order valence-electron chi connectivity index (χ3n) is 4.34. The van der Waals surface area contributed by atoms with Crippen molar-refractivity contribution in [3.05, 3.63) is 36.0 Å². The molecule has 1 aromatic heterocycles. The molecule has 18 heavy (non-hydrogen) atoms. The van der Waals surface area contributed by atoms with E-state index >= 15 is 0 Å². The molecule has 2 aromatic rings. The molecule has 0 saturated heterocycles. The molecule has 1 heterocycles. The van der Waals surface area contributed by atoms with E-state index in [0.29, 0.717) is 5.92 Å². The van der Waals surface area contributed by atoms with Crippen LogP contribution >= 0.6 is 0 Å². The standard InChI is InChI=1S/C16H21NO/c1-11-3-2-4-13(9-11)16(18)14-5-6-15-12(10-14)7-8-17-15/h5-8,10-11,13,16-18H,2-4,9H2,1H3. The lowest BCUT2D eigenvalue weighted by atomic mass is 9.78. The SMILES string of the molecule is CC1CCCC(C(O)c2ccc3[nH]ccc3c2)C1. The van der Waals surface area contributed by atoms with Crippen molar-refractivity contribution in [1.29, 1.82) is 0 Å². The van der Waals surface area contributed by atoms with Gasteiger partial charge in [0.05, 0.1) is 6.10 Å². The average molecular weight is 243 g/mol. The van der Waals surface area contributed by atoms with Gasteiger partial charge in [0.2, 0.25) is 0 Å². The van der Waals surface area contributed by atoms with Crippen LogP contribution in [0, 0.1) is 11.8 Å². The highest BCUT2D eigenvalue weighted by Gasteiger charge is 2.26. The van der Waals surface area contributed by atoms with Crippen molar-refractivity contribution in [2.75, 3.05) is 0 Å². The quantitative estimate of drug-likeness (QED) is 0.821. The minimum absolute atomic E-state index is 0.299. The summed E-state index contributed by atoms with van der Waals surface area (Å²) in [6.45, 7) is 2.30. The predicted molar refractivity (Wildman–Crippen MR) is 74.4 cm³/mol. The van der Waals surface area contributed by atoms with Crippen molar-refractivity contribution >= 4 is 10.9 Å². The maximum atomic E-state index is 10.5. The Hall–Kier alpha value is -1.28. The number of rotatable bonds is 2. The minimum Gasteiger partial charge on any atom is -0.388 e. The van der Waals surface area contributed by atoms with Crippen LogP contribution in [0.3, 0.4) is 0 Å². The summed E-state index contributed by atoms with van der Waals surface area (Å²) in [6, 6.07) is 8.31. The molecule has 2 heteroatoms. The zero-order valence-electron chi connectivity index (χ0n) is 10.9. The second kappa shape index (κ2) is 4.77. The molecule has 0 amide bonds. The lowest BCUT2D eigenvalue weighted by Crippen LogP contribution is -2.20. The Morgan fingerprint density at radius 3 is 3.00 bits per heavy atom. The molecule has 1 aliphatic rings. The molecule has 0 bridgehead atoms. The third kappa shape index (κ3) is 2.17. The molecule has 2 N–H and O–H groups in total. The molecule has 1 aromatic carbocycles. The van der Waals surface area contributed by atoms with E-state index in [-0.39, 0.29) is 6.10 Å². The molecule has 0 radical (unpaired) electrons. The summed E-state index contributed by atoms with van der Waals surface area (Å²) >= 11 is 0. The van der Waals surface area contributed by atoms with Crippen molar-refractivity contribution < 1.29 is 5.11 Å². The van der Waals surface area contributed by atoms with Gasteiger partial charge in [0.1, 0.15) is 0 Å². The highest BCUT2D eigenvalue weighted by atomic mass is 16.3. The van der Waals surface area contributed by atoms with E-state index in [1.807, 2.05) is 6.20 Å². The fourth-order valence-electron chi connectivity index (χ4n) is 3.30. The van der Waals surface area contributed by atoms with Crippen molar-refractivity contribution in [1.82, 2.24) is 4.98 Å². The Bertz CT molecular complexity index is 531. The zero-order valence-corrected chi connectivity index (χ0v) is 10.9. The van der Waals surface area contributed by atoms with Gasteiger partial charge >= 0.3 is 0 Å². The van der Waals surface area contributed by atoms with Gasteiger partial charge in [-0.2, -0.15) is 0 Å². The summed E-state index contributed by atoms with van der Waals surface area (Å²) < 4.78 is 0. The van der Waals surface area contributed by atoms with Crippen molar-refractivity contribution in [3.63, 3.8) is 0 Å². The molecule has 0 aliphatic heterocycles. The Balaban J connectivity index is 1.83. The predicted octanol–water partition coefficient (Wildman–Crippen LogP) is 4.03. The largest absolute Gasteiger partial charge is 0.388 e. The van der Waals surface area contributed by atoms with Gasteiger partial charge < -0.3 is 10.1 Å². The molecule has 1 saturated carbocycles. The second-order valence-electron chi connectivity index (χ2n) is 5.80. The number of aliphatic hydroxyl groups is 1. The highest BCUT2D eigenvalue weighted by Crippen LogP contribution is 2.37. The summed E-state index contributed by atoms with van der Waals surface area (Å²) in [4.78, 5) is 3.19. The first kappa shape index (κ1) is 11.8. The van der Waals surface area contributed by atoms with Gasteiger partial charge in [-0.1, -0.05) is 25.8 Å². The van der Waals surface area contributed by atoms with Crippen LogP contribution in [0.1, 0.15) is 44.3 Å². The number of fused-ring (bicyclic) bond motifs is 1. The third-order valence-corrected chi connectivity index (χ3v) is 4.34. The van der Waals surface area contributed by atoms with Gasteiger partial charge in [0.15, 0.2) is 0 Å². The molecular weight excluding hydrogens is 222 g/mol. The first-order valence-electron chi connectivity index (χ1n) is 6.99. The fraction of sp³-hybridized carbons (Fsp3) is 0.500. The summed E-state index contributed by atoms with van der Waals surface area (Å²) in [7, 11) is 0. The molecule has 1 aliphatic carbocycles. The molecule has 0 spiro atoms. The van der Waals surface area contributed by atoms with Crippen LogP contribution < -0.4 is 0 Å². The minimum atomic E-state index is -0.299. The molecule has 96 valence electrons. The number of aromatic nitrogens is 1. The Kier molecular flexibility index (Phi) is 3.13. The normalized spacial score (nSPS) is 26.3. The lowest BCUT2D eigenvalue weighted by molar-refractivity contribution is 0.0715. The number of benzene rings is 1. The van der Waals surface area contributed by atoms with Crippen LogP contribution in [0.25, 0.3) is 10.9 Å². The molecule has 1 fully saturated rings. The van der Waals surface area contributed by atoms with Gasteiger partial charge in [-0.15, -0.1) is 0 Å². The van der Waals surface area contributed by atoms with E-state index in [1.54, 1.807) is 0 Å². The number of hydrogen-bond acceptors (Lipinski definition) is 1. The van der Waals surface area contributed by atoms with Crippen molar-refractivity contribution in [3.8, 4) is 0 Å². The van der Waals surface area contributed by atoms with Gasteiger partial charge in [0.25, 0.3) is 0 Å². The first-order valence-corrected chi connectivity index (χ1v) is 6.99. The summed E-state index contributed by atoms with van der Waals surface area (Å²) in [5.74, 6) is 1.19. The van der Waals surface area contributed by atoms with E-state index in [4.69, 9.17) is 0 Å². The van der Waals surface area contributed by atoms with E-state index < -0.39 is 0 Å². The Labute approximate surface area is 108 Å². The van der Waals surface area contributed by atoms with Gasteiger partial charge in [-0.3, -0.25) is 0 Å². The zero-order chi connectivity index (χ0) is 12.5. The van der Waals surface area contributed by atoms with Crippen LogP contribution in [0.4, 0.5) is 0 Å². The van der Waals surface area contributed by atoms with Crippen molar-refractivity contribution in [2.24, 2.45) is 11.8 Å². The highest BCUT2D eigenvalue weighted by molar-refractivity contribution is 5.80. The smallest absolute Gasteiger partial charge is 0.0818 e. The van der Waals surface area contributed by atoms with Gasteiger partial charge in [0, 0.05) is 11.7 Å². The fourth-order valence-corrected chi connectivity index (χ4v) is 3.30.